The monoisotopic (exact) mass is 930 g/mol. The van der Waals surface area contributed by atoms with Crippen LogP contribution in [0.5, 0.6) is 5.88 Å². The molecule has 2 aliphatic heterocycles. The Bertz CT molecular complexity index is 2480. The van der Waals surface area contributed by atoms with E-state index in [0.717, 1.165) is 17.7 Å². The molecule has 14 nitrogen and oxygen atoms in total. The van der Waals surface area contributed by atoms with Crippen LogP contribution in [0.2, 0.25) is 0 Å². The number of rotatable bonds is 16. The molecule has 19 heteroatoms. The molecular weight excluding hydrogens is 881 g/mol. The number of amides is 4. The molecule has 0 unspecified atom stereocenters. The number of halogens is 4. The second-order valence-corrected chi connectivity index (χ2v) is 17.8. The van der Waals surface area contributed by atoms with Crippen LogP contribution in [-0.2, 0) is 36.6 Å². The van der Waals surface area contributed by atoms with Gasteiger partial charge in [-0.25, -0.2) is 9.37 Å². The average Bonchev–Trinajstić information content (AvgIpc) is 3.84. The van der Waals surface area contributed by atoms with Crippen molar-refractivity contribution in [3.05, 3.63) is 102 Å². The lowest BCUT2D eigenvalue weighted by Gasteiger charge is -2.35. The number of carbonyl (C=O) groups excluding carboxylic acids is 4. The number of nitrogens with zero attached hydrogens (tertiary/aromatic N) is 6. The number of ether oxygens (including phenoxy) is 2. The highest BCUT2D eigenvalue weighted by atomic mass is 32.1. The van der Waals surface area contributed by atoms with E-state index in [1.165, 1.54) is 31.0 Å². The molecule has 348 valence electrons. The first-order chi connectivity index (χ1) is 31.2. The number of alkyl halides is 3. The molecule has 2 aromatic carbocycles. The maximum atomic E-state index is 15.4. The Balaban J connectivity index is 0.948. The molecule has 2 aromatic heterocycles. The summed E-state index contributed by atoms with van der Waals surface area (Å²) in [5, 5.41) is 14.7. The van der Waals surface area contributed by atoms with Crippen LogP contribution >= 0.6 is 12.2 Å². The van der Waals surface area contributed by atoms with Crippen LogP contribution in [0.3, 0.4) is 0 Å². The zero-order valence-corrected chi connectivity index (χ0v) is 37.9. The molecule has 4 amide bonds. The summed E-state index contributed by atoms with van der Waals surface area (Å²) in [5.41, 5.74) is -3.11. The van der Waals surface area contributed by atoms with Crippen LogP contribution in [0.1, 0.15) is 77.0 Å². The first-order valence-corrected chi connectivity index (χ1v) is 21.7. The van der Waals surface area contributed by atoms with E-state index in [4.69, 9.17) is 27.0 Å². The minimum Gasteiger partial charge on any atom is -0.478 e. The Hall–Kier alpha value is -6.52. The van der Waals surface area contributed by atoms with Gasteiger partial charge < -0.3 is 29.9 Å². The zero-order valence-electron chi connectivity index (χ0n) is 37.1. The number of anilines is 2. The van der Waals surface area contributed by atoms with E-state index in [1.54, 1.807) is 35.4 Å². The van der Waals surface area contributed by atoms with Crippen molar-refractivity contribution in [3.63, 3.8) is 0 Å². The summed E-state index contributed by atoms with van der Waals surface area (Å²) < 4.78 is 68.0. The topological polar surface area (TPSA) is 170 Å². The maximum absolute atomic E-state index is 15.4. The van der Waals surface area contributed by atoms with Crippen molar-refractivity contribution in [2.24, 2.45) is 5.41 Å². The summed E-state index contributed by atoms with van der Waals surface area (Å²) in [7, 11) is 0. The number of likely N-dealkylation sites (tertiary alicyclic amines) is 1. The van der Waals surface area contributed by atoms with E-state index in [0.29, 0.717) is 73.1 Å². The second kappa shape index (κ2) is 20.3. The molecule has 0 spiro atoms. The van der Waals surface area contributed by atoms with Crippen molar-refractivity contribution in [3.8, 4) is 23.2 Å². The maximum Gasteiger partial charge on any atom is 0.420 e. The van der Waals surface area contributed by atoms with Crippen LogP contribution in [0.25, 0.3) is 11.3 Å². The number of hydrogen-bond acceptors (Lipinski definition) is 10. The number of benzene rings is 2. The molecular formula is C47H50F4N8O6S. The summed E-state index contributed by atoms with van der Waals surface area (Å²) in [4.78, 5) is 65.9. The molecule has 2 saturated heterocycles. The number of nitrogens with one attached hydrogen (secondary N) is 2. The number of hydrogen-bond donors (Lipinski definition) is 2. The van der Waals surface area contributed by atoms with Gasteiger partial charge in [0.15, 0.2) is 10.9 Å². The SMILES string of the molecule is CC(C)(C)[C@H](NC(=O)COCCCCOc1ccc(-c2ccc(N3C(=S)N(c4ccc(C#N)c(C(F)(F)F)c4F)C(=O)C3(C)C)cn2)cn1)C(=O)N1CCC[C@H]1C(=O)NCc1ccccc1. The number of carbonyl (C=O) groups is 4. The fourth-order valence-corrected chi connectivity index (χ4v) is 8.24. The molecule has 0 bridgehead atoms. The molecule has 4 aromatic rings. The van der Waals surface area contributed by atoms with E-state index >= 15 is 4.39 Å². The smallest absolute Gasteiger partial charge is 0.420 e. The van der Waals surface area contributed by atoms with E-state index in [9.17, 15) is 32.3 Å². The second-order valence-electron chi connectivity index (χ2n) is 17.4. The minimum atomic E-state index is -5.20. The molecule has 0 aliphatic carbocycles. The molecule has 2 fully saturated rings. The third kappa shape index (κ3) is 10.9. The van der Waals surface area contributed by atoms with Crippen LogP contribution in [0.15, 0.2) is 79.1 Å². The molecule has 0 radical (unpaired) electrons. The van der Waals surface area contributed by atoms with Crippen LogP contribution in [0, 0.1) is 22.6 Å². The van der Waals surface area contributed by atoms with E-state index < -0.39 is 63.7 Å². The summed E-state index contributed by atoms with van der Waals surface area (Å²) in [6.07, 6.45) is 0.181. The number of pyridine rings is 2. The molecule has 0 saturated carbocycles. The largest absolute Gasteiger partial charge is 0.478 e. The third-order valence-electron chi connectivity index (χ3n) is 11.2. The number of aromatic nitrogens is 2. The van der Waals surface area contributed by atoms with Crippen LogP contribution in [-0.4, -0.2) is 87.6 Å². The molecule has 4 heterocycles. The van der Waals surface area contributed by atoms with Crippen molar-refractivity contribution in [1.82, 2.24) is 25.5 Å². The zero-order chi connectivity index (χ0) is 48.0. The van der Waals surface area contributed by atoms with Gasteiger partial charge in [0.05, 0.1) is 41.5 Å². The van der Waals surface area contributed by atoms with Crippen LogP contribution in [0.4, 0.5) is 28.9 Å². The van der Waals surface area contributed by atoms with E-state index in [-0.39, 0.29) is 30.1 Å². The van der Waals surface area contributed by atoms with Crippen LogP contribution < -0.4 is 25.2 Å². The fraction of sp³-hybridized carbons (Fsp3) is 0.404. The summed E-state index contributed by atoms with van der Waals surface area (Å²) in [5.74, 6) is -3.18. The van der Waals surface area contributed by atoms with E-state index in [2.05, 4.69) is 20.6 Å². The van der Waals surface area contributed by atoms with Gasteiger partial charge in [0.2, 0.25) is 23.6 Å². The van der Waals surface area contributed by atoms with Crippen molar-refractivity contribution in [1.29, 1.82) is 5.26 Å². The van der Waals surface area contributed by atoms with Gasteiger partial charge in [0.25, 0.3) is 5.91 Å². The van der Waals surface area contributed by atoms with Crippen molar-refractivity contribution in [2.75, 3.05) is 36.2 Å². The van der Waals surface area contributed by atoms with Gasteiger partial charge in [0, 0.05) is 37.5 Å². The first-order valence-electron chi connectivity index (χ1n) is 21.3. The number of thiocarbonyl (C=S) groups is 1. The van der Waals surface area contributed by atoms with Gasteiger partial charge in [-0.05, 0) is 93.1 Å². The molecule has 2 aliphatic rings. The summed E-state index contributed by atoms with van der Waals surface area (Å²) in [6.45, 7) is 9.68. The normalized spacial score (nSPS) is 16.5. The lowest BCUT2D eigenvalue weighted by atomic mass is 9.85. The van der Waals surface area contributed by atoms with E-state index in [1.807, 2.05) is 51.1 Å². The van der Waals surface area contributed by atoms with Gasteiger partial charge in [0.1, 0.15) is 29.8 Å². The Morgan fingerprint density at radius 3 is 2.35 bits per heavy atom. The van der Waals surface area contributed by atoms with Crippen molar-refractivity contribution < 1.29 is 46.2 Å². The molecule has 66 heavy (non-hydrogen) atoms. The quantitative estimate of drug-likeness (QED) is 0.0668. The third-order valence-corrected chi connectivity index (χ3v) is 11.6. The Morgan fingerprint density at radius 1 is 0.985 bits per heavy atom. The van der Waals surface area contributed by atoms with Gasteiger partial charge in [-0.3, -0.25) is 29.1 Å². The highest BCUT2D eigenvalue weighted by Gasteiger charge is 2.52. The van der Waals surface area contributed by atoms with Gasteiger partial charge in [-0.1, -0.05) is 51.1 Å². The average molecular weight is 931 g/mol. The Kier molecular flexibility index (Phi) is 15.1. The number of nitriles is 1. The lowest BCUT2D eigenvalue weighted by molar-refractivity contribution is -0.144. The minimum absolute atomic E-state index is 0.224. The van der Waals surface area contributed by atoms with Crippen molar-refractivity contribution >= 4 is 52.3 Å². The van der Waals surface area contributed by atoms with Crippen molar-refractivity contribution in [2.45, 2.75) is 90.6 Å². The summed E-state index contributed by atoms with van der Waals surface area (Å²) in [6, 6.07) is 17.8. The first kappa shape index (κ1) is 48.9. The van der Waals surface area contributed by atoms with Gasteiger partial charge in [-0.15, -0.1) is 0 Å². The fourth-order valence-electron chi connectivity index (χ4n) is 7.73. The molecule has 6 rings (SSSR count). The highest BCUT2D eigenvalue weighted by Crippen LogP contribution is 2.42. The van der Waals surface area contributed by atoms with Gasteiger partial charge >= 0.3 is 6.18 Å². The number of unbranched alkanes of at least 4 members (excludes halogenated alkanes) is 1. The Morgan fingerprint density at radius 2 is 1.71 bits per heavy atom. The Labute approximate surface area is 385 Å². The standard InChI is InChI=1S/C47H50F4N8O6S/c1-45(2,3)40(42(62)57-21-11-14-35(57)41(61)55-25-29-12-7-6-8-13-29)56-36(60)28-64-22-9-10-23-65-37-20-16-31(26-54-37)33-18-17-32(27-53-33)59-44(66)58(43(63)46(59,4)5)34-19-15-30(24-52)38(39(34)48)47(49,50)51/h6-8,12-13,15-20,26-27,35,40H,9-11,14,21-23,25,28H2,1-5H3,(H,55,61)(H,56,60)/t35-,40+/m0/s1. The highest BCUT2D eigenvalue weighted by molar-refractivity contribution is 7.81. The van der Waals surface area contributed by atoms with Gasteiger partial charge in [-0.2, -0.15) is 18.4 Å². The lowest BCUT2D eigenvalue weighted by Crippen LogP contribution is -2.58. The summed E-state index contributed by atoms with van der Waals surface area (Å²) >= 11 is 5.52. The predicted octanol–water partition coefficient (Wildman–Crippen LogP) is 7.10. The molecule has 2 N–H and O–H groups in total. The molecule has 2 atom stereocenters. The predicted molar refractivity (Wildman–Crippen MR) is 240 cm³/mol.